The number of unbranched alkanes of at least 4 members (excludes halogenated alkanes) is 6. The summed E-state index contributed by atoms with van der Waals surface area (Å²) in [4.78, 5) is 5.24. The van der Waals surface area contributed by atoms with Crippen LogP contribution in [0.5, 0.6) is 0 Å². The van der Waals surface area contributed by atoms with Crippen LogP contribution in [-0.4, -0.2) is 54.6 Å². The fourth-order valence-electron chi connectivity index (χ4n) is 3.75. The van der Waals surface area contributed by atoms with Crippen LogP contribution in [0.4, 0.5) is 0 Å². The van der Waals surface area contributed by atoms with Gasteiger partial charge in [0.15, 0.2) is 0 Å². The minimum atomic E-state index is 0.480. The second-order valence-corrected chi connectivity index (χ2v) is 6.59. The first-order chi connectivity index (χ1) is 9.85. The Morgan fingerprint density at radius 2 is 1.65 bits per heavy atom. The Bertz CT molecular complexity index is 251. The van der Waals surface area contributed by atoms with Crippen molar-refractivity contribution in [1.82, 2.24) is 15.2 Å². The Kier molecular flexibility index (Phi) is 7.28. The van der Waals surface area contributed by atoms with Crippen LogP contribution in [-0.2, 0) is 0 Å². The van der Waals surface area contributed by atoms with E-state index in [2.05, 4.69) is 22.1 Å². The Morgan fingerprint density at radius 3 is 2.20 bits per heavy atom. The summed E-state index contributed by atoms with van der Waals surface area (Å²) in [7, 11) is 0. The molecule has 3 rings (SSSR count). The molecule has 2 unspecified atom stereocenters. The first kappa shape index (κ1) is 16.2. The maximum atomic E-state index is 5.82. The lowest BCUT2D eigenvalue weighted by Crippen LogP contribution is -2.67. The highest BCUT2D eigenvalue weighted by molar-refractivity contribution is 4.94. The Labute approximate surface area is 125 Å². The van der Waals surface area contributed by atoms with Crippen LogP contribution in [0, 0.1) is 0 Å². The van der Waals surface area contributed by atoms with Gasteiger partial charge in [-0.1, -0.05) is 51.9 Å². The lowest BCUT2D eigenvalue weighted by molar-refractivity contribution is -0.00484. The number of hydrogen-bond acceptors (Lipinski definition) is 4. The van der Waals surface area contributed by atoms with Gasteiger partial charge in [0.1, 0.15) is 0 Å². The predicted octanol–water partition coefficient (Wildman–Crippen LogP) is 1.96. The van der Waals surface area contributed by atoms with Crippen LogP contribution in [0.2, 0.25) is 0 Å². The van der Waals surface area contributed by atoms with Crippen molar-refractivity contribution in [3.8, 4) is 0 Å². The zero-order valence-corrected chi connectivity index (χ0v) is 13.3. The highest BCUT2D eigenvalue weighted by Crippen LogP contribution is 2.21. The molecule has 0 aromatic heterocycles. The van der Waals surface area contributed by atoms with Crippen LogP contribution in [0.1, 0.15) is 58.3 Å². The summed E-state index contributed by atoms with van der Waals surface area (Å²) in [5, 5.41) is 0. The van der Waals surface area contributed by atoms with E-state index in [1.54, 1.807) is 0 Å². The topological polar surface area (TPSA) is 44.5 Å². The summed E-state index contributed by atoms with van der Waals surface area (Å²) in [6.45, 7) is 8.47. The van der Waals surface area contributed by atoms with Crippen LogP contribution >= 0.6 is 0 Å². The van der Waals surface area contributed by atoms with Crippen LogP contribution in [0.3, 0.4) is 0 Å². The van der Waals surface area contributed by atoms with Crippen molar-refractivity contribution < 1.29 is 0 Å². The first-order valence-electron chi connectivity index (χ1n) is 8.77. The van der Waals surface area contributed by atoms with Crippen molar-refractivity contribution in [3.63, 3.8) is 0 Å². The number of fused-ring (bicyclic) bond motifs is 3. The molecule has 0 spiro atoms. The van der Waals surface area contributed by atoms with Crippen LogP contribution < -0.4 is 11.3 Å². The van der Waals surface area contributed by atoms with Gasteiger partial charge < -0.3 is 0 Å². The fraction of sp³-hybridized carbons (Fsp3) is 1.00. The molecule has 0 radical (unpaired) electrons. The van der Waals surface area contributed by atoms with Gasteiger partial charge in [0, 0.05) is 44.8 Å². The average Bonchev–Trinajstić information content (AvgIpc) is 2.51. The summed E-state index contributed by atoms with van der Waals surface area (Å²) in [5.74, 6) is 5.82. The zero-order valence-electron chi connectivity index (χ0n) is 13.3. The Hall–Kier alpha value is -0.160. The molecular formula is C16H34N4. The number of nitrogens with two attached hydrogens (primary N) is 1. The molecule has 3 saturated heterocycles. The molecule has 2 atom stereocenters. The molecule has 0 aromatic rings. The molecule has 3 aliphatic heterocycles. The van der Waals surface area contributed by atoms with Crippen molar-refractivity contribution in [3.05, 3.63) is 0 Å². The minimum Gasteiger partial charge on any atom is -0.299 e. The smallest absolute Gasteiger partial charge is 0.0391 e. The molecule has 0 aliphatic carbocycles. The molecule has 2 bridgehead atoms. The molecule has 0 saturated carbocycles. The average molecular weight is 282 g/mol. The molecule has 3 heterocycles. The summed E-state index contributed by atoms with van der Waals surface area (Å²) in [5.41, 5.74) is 3.10. The van der Waals surface area contributed by atoms with Gasteiger partial charge in [0.2, 0.25) is 0 Å². The zero-order chi connectivity index (χ0) is 14.2. The van der Waals surface area contributed by atoms with E-state index in [1.165, 1.54) is 84.1 Å². The van der Waals surface area contributed by atoms with Gasteiger partial charge in [-0.2, -0.15) is 0 Å². The van der Waals surface area contributed by atoms with E-state index >= 15 is 0 Å². The molecule has 0 aromatic carbocycles. The highest BCUT2D eigenvalue weighted by atomic mass is 15.4. The third-order valence-electron chi connectivity index (χ3n) is 5.12. The van der Waals surface area contributed by atoms with Gasteiger partial charge in [-0.25, -0.2) is 0 Å². The summed E-state index contributed by atoms with van der Waals surface area (Å²) < 4.78 is 0. The van der Waals surface area contributed by atoms with Crippen molar-refractivity contribution in [2.45, 2.75) is 70.4 Å². The first-order valence-corrected chi connectivity index (χ1v) is 8.77. The molecule has 3 fully saturated rings. The van der Waals surface area contributed by atoms with Crippen LogP contribution in [0.25, 0.3) is 0 Å². The molecule has 118 valence electrons. The second-order valence-electron chi connectivity index (χ2n) is 6.59. The molecule has 4 heteroatoms. The minimum absolute atomic E-state index is 0.480. The molecule has 3 aliphatic rings. The third-order valence-corrected chi connectivity index (χ3v) is 5.12. The van der Waals surface area contributed by atoms with E-state index in [-0.39, 0.29) is 0 Å². The Balaban J connectivity index is 1.60. The van der Waals surface area contributed by atoms with E-state index in [0.29, 0.717) is 12.1 Å². The summed E-state index contributed by atoms with van der Waals surface area (Å²) >= 11 is 0. The number of hydrogen-bond donors (Lipinski definition) is 2. The number of piperazine rings is 3. The maximum Gasteiger partial charge on any atom is 0.0391 e. The van der Waals surface area contributed by atoms with E-state index < -0.39 is 0 Å². The quantitative estimate of drug-likeness (QED) is 0.365. The van der Waals surface area contributed by atoms with E-state index in [1.807, 2.05) is 0 Å². The van der Waals surface area contributed by atoms with Gasteiger partial charge in [0.05, 0.1) is 0 Å². The molecule has 4 nitrogen and oxygen atoms in total. The normalized spacial score (nSPS) is 30.6. The van der Waals surface area contributed by atoms with Gasteiger partial charge in [0.25, 0.3) is 0 Å². The number of nitrogens with one attached hydrogen (secondary N) is 1. The van der Waals surface area contributed by atoms with Crippen molar-refractivity contribution >= 4 is 0 Å². The van der Waals surface area contributed by atoms with Crippen molar-refractivity contribution in [2.75, 3.05) is 32.7 Å². The standard InChI is InChI=1S/C16H34N4/c1-2-3-4-5-6-7-8-9-15(18-17)16-14-19-10-12-20(16)13-11-19/h15-16,18H,2-14,17H2,1H3. The maximum absolute atomic E-state index is 5.82. The predicted molar refractivity (Wildman–Crippen MR) is 85.5 cm³/mol. The van der Waals surface area contributed by atoms with Crippen LogP contribution in [0.15, 0.2) is 0 Å². The number of rotatable bonds is 10. The molecule has 20 heavy (non-hydrogen) atoms. The van der Waals surface area contributed by atoms with Gasteiger partial charge in [-0.15, -0.1) is 0 Å². The largest absolute Gasteiger partial charge is 0.299 e. The van der Waals surface area contributed by atoms with E-state index in [9.17, 15) is 0 Å². The van der Waals surface area contributed by atoms with Gasteiger partial charge in [-0.05, 0) is 6.42 Å². The summed E-state index contributed by atoms with van der Waals surface area (Å²) in [6, 6.07) is 1.12. The molecule has 3 N–H and O–H groups in total. The fourth-order valence-corrected chi connectivity index (χ4v) is 3.75. The SMILES string of the molecule is CCCCCCCCCC(NN)C1CN2CCN1CC2. The van der Waals surface area contributed by atoms with E-state index in [4.69, 9.17) is 5.84 Å². The van der Waals surface area contributed by atoms with E-state index in [0.717, 1.165) is 0 Å². The molecular weight excluding hydrogens is 248 g/mol. The third kappa shape index (κ3) is 4.69. The molecule has 0 amide bonds. The van der Waals surface area contributed by atoms with Gasteiger partial charge >= 0.3 is 0 Å². The van der Waals surface area contributed by atoms with Gasteiger partial charge in [-0.3, -0.25) is 21.1 Å². The summed E-state index contributed by atoms with van der Waals surface area (Å²) in [6.07, 6.45) is 10.9. The second kappa shape index (κ2) is 8.98. The highest BCUT2D eigenvalue weighted by Gasteiger charge is 2.35. The Morgan fingerprint density at radius 1 is 1.00 bits per heavy atom. The number of hydrazine groups is 1. The monoisotopic (exact) mass is 282 g/mol. The lowest BCUT2D eigenvalue weighted by atomic mass is 9.95. The van der Waals surface area contributed by atoms with Crippen molar-refractivity contribution in [2.24, 2.45) is 5.84 Å². The lowest BCUT2D eigenvalue weighted by Gasteiger charge is -2.50. The van der Waals surface area contributed by atoms with Crippen molar-refractivity contribution in [1.29, 1.82) is 0 Å². The number of nitrogens with zero attached hydrogens (tertiary/aromatic N) is 2.